The number of nitriles is 2. The van der Waals surface area contributed by atoms with E-state index in [0.717, 1.165) is 5.56 Å². The number of alkyl carbamates (subject to hydrolysis) is 1. The molecule has 0 radical (unpaired) electrons. The van der Waals surface area contributed by atoms with Crippen LogP contribution in [-0.4, -0.2) is 35.6 Å². The lowest BCUT2D eigenvalue weighted by Gasteiger charge is -2.21. The van der Waals surface area contributed by atoms with E-state index in [2.05, 4.69) is 11.4 Å². The van der Waals surface area contributed by atoms with Crippen molar-refractivity contribution in [1.82, 2.24) is 10.2 Å². The van der Waals surface area contributed by atoms with Crippen LogP contribution in [0.2, 0.25) is 0 Å². The highest BCUT2D eigenvalue weighted by atomic mass is 19.1. The van der Waals surface area contributed by atoms with Gasteiger partial charge in [0.25, 0.3) is 5.91 Å². The maximum atomic E-state index is 15.0. The third kappa shape index (κ3) is 4.87. The minimum absolute atomic E-state index is 0.130. The van der Waals surface area contributed by atoms with Gasteiger partial charge in [0.15, 0.2) is 0 Å². The maximum absolute atomic E-state index is 15.0. The van der Waals surface area contributed by atoms with Crippen LogP contribution in [0.25, 0.3) is 11.1 Å². The summed E-state index contributed by atoms with van der Waals surface area (Å²) >= 11 is 0. The van der Waals surface area contributed by atoms with E-state index in [1.807, 2.05) is 6.07 Å². The smallest absolute Gasteiger partial charge is 0.408 e. The van der Waals surface area contributed by atoms with Crippen molar-refractivity contribution >= 4 is 12.0 Å². The molecule has 2 aromatic rings. The second kappa shape index (κ2) is 8.68. The van der Waals surface area contributed by atoms with Crippen molar-refractivity contribution in [1.29, 1.82) is 10.5 Å². The van der Waals surface area contributed by atoms with Gasteiger partial charge in [0.1, 0.15) is 17.5 Å². The molecule has 1 heterocycles. The summed E-state index contributed by atoms with van der Waals surface area (Å²) < 4.78 is 20.2. The summed E-state index contributed by atoms with van der Waals surface area (Å²) in [5.41, 5.74) is 1.98. The molecule has 0 bridgehead atoms. The lowest BCUT2D eigenvalue weighted by Crippen LogP contribution is -2.39. The second-order valence-corrected chi connectivity index (χ2v) is 8.67. The highest BCUT2D eigenvalue weighted by molar-refractivity contribution is 6.02. The zero-order valence-electron chi connectivity index (χ0n) is 18.3. The van der Waals surface area contributed by atoms with Crippen molar-refractivity contribution in [3.63, 3.8) is 0 Å². The minimum Gasteiger partial charge on any atom is -0.444 e. The van der Waals surface area contributed by atoms with Crippen molar-refractivity contribution in [2.45, 2.75) is 45.4 Å². The van der Waals surface area contributed by atoms with E-state index in [-0.39, 0.29) is 24.4 Å². The normalized spacial score (nSPS) is 13.7. The van der Waals surface area contributed by atoms with Gasteiger partial charge in [-0.1, -0.05) is 6.07 Å². The molecule has 0 saturated heterocycles. The fourth-order valence-electron chi connectivity index (χ4n) is 3.56. The summed E-state index contributed by atoms with van der Waals surface area (Å²) in [7, 11) is 1.63. The van der Waals surface area contributed by atoms with Crippen LogP contribution < -0.4 is 5.32 Å². The third-order valence-electron chi connectivity index (χ3n) is 4.97. The number of amides is 2. The standard InChI is InChI=1S/C24H23FN4O3/c1-24(2,3)32-23(31)28-17(12-27)8-15-9-20-19(10-21(15)25)18-6-5-14(11-26)7-16(18)13-29(4)22(20)30/h5-7,9-10,17H,8,13H2,1-4H3,(H,28,31)/t17-/m0/s1. The topological polar surface area (TPSA) is 106 Å². The summed E-state index contributed by atoms with van der Waals surface area (Å²) in [6.07, 6.45) is -0.913. The van der Waals surface area contributed by atoms with Gasteiger partial charge in [-0.15, -0.1) is 0 Å². The number of rotatable bonds is 3. The van der Waals surface area contributed by atoms with Crippen molar-refractivity contribution < 1.29 is 18.7 Å². The highest BCUT2D eigenvalue weighted by Gasteiger charge is 2.27. The zero-order chi connectivity index (χ0) is 23.6. The lowest BCUT2D eigenvalue weighted by molar-refractivity contribution is 0.0515. The fourth-order valence-corrected chi connectivity index (χ4v) is 3.56. The molecule has 0 unspecified atom stereocenters. The number of ether oxygens (including phenoxy) is 1. The van der Waals surface area contributed by atoms with Crippen LogP contribution in [-0.2, 0) is 17.7 Å². The Labute approximate surface area is 186 Å². The predicted molar refractivity (Wildman–Crippen MR) is 115 cm³/mol. The van der Waals surface area contributed by atoms with E-state index in [9.17, 15) is 20.1 Å². The molecule has 0 aliphatic carbocycles. The molecule has 1 aliphatic heterocycles. The third-order valence-corrected chi connectivity index (χ3v) is 4.97. The number of carbonyl (C=O) groups is 2. The molecule has 164 valence electrons. The van der Waals surface area contributed by atoms with Gasteiger partial charge < -0.3 is 15.0 Å². The average Bonchev–Trinajstić information content (AvgIpc) is 2.81. The zero-order valence-corrected chi connectivity index (χ0v) is 18.3. The molecular weight excluding hydrogens is 411 g/mol. The molecule has 7 nitrogen and oxygen atoms in total. The Hall–Kier alpha value is -3.91. The minimum atomic E-state index is -1.04. The summed E-state index contributed by atoms with van der Waals surface area (Å²) in [5, 5.41) is 21.0. The highest BCUT2D eigenvalue weighted by Crippen LogP contribution is 2.34. The first-order valence-corrected chi connectivity index (χ1v) is 10.0. The van der Waals surface area contributed by atoms with E-state index in [1.165, 1.54) is 17.0 Å². The molecule has 2 amide bonds. The van der Waals surface area contributed by atoms with E-state index >= 15 is 4.39 Å². The Morgan fingerprint density at radius 3 is 2.56 bits per heavy atom. The van der Waals surface area contributed by atoms with Gasteiger partial charge in [0.2, 0.25) is 0 Å². The SMILES string of the molecule is CN1Cc2cc(C#N)ccc2-c2cc(F)c(C[C@@H](C#N)NC(=O)OC(C)(C)C)cc2C1=O. The first-order valence-electron chi connectivity index (χ1n) is 10.0. The Kier molecular flexibility index (Phi) is 6.18. The van der Waals surface area contributed by atoms with Gasteiger partial charge in [-0.05, 0) is 67.3 Å². The number of hydrogen-bond donors (Lipinski definition) is 1. The van der Waals surface area contributed by atoms with Crippen molar-refractivity contribution in [3.05, 3.63) is 58.4 Å². The van der Waals surface area contributed by atoms with Crippen molar-refractivity contribution in [2.24, 2.45) is 0 Å². The Balaban J connectivity index is 1.97. The Morgan fingerprint density at radius 2 is 1.94 bits per heavy atom. The number of carbonyl (C=O) groups excluding carboxylic acids is 2. The fraction of sp³-hybridized carbons (Fsp3) is 0.333. The van der Waals surface area contributed by atoms with Gasteiger partial charge in [-0.3, -0.25) is 4.79 Å². The molecule has 0 saturated carbocycles. The number of hydrogen-bond acceptors (Lipinski definition) is 5. The molecule has 2 aromatic carbocycles. The van der Waals surface area contributed by atoms with Gasteiger partial charge in [0.05, 0.1) is 17.7 Å². The van der Waals surface area contributed by atoms with Crippen LogP contribution in [0.5, 0.6) is 0 Å². The van der Waals surface area contributed by atoms with Gasteiger partial charge in [-0.2, -0.15) is 10.5 Å². The molecule has 32 heavy (non-hydrogen) atoms. The molecule has 1 N–H and O–H groups in total. The number of nitrogens with zero attached hydrogens (tertiary/aromatic N) is 3. The molecule has 8 heteroatoms. The van der Waals surface area contributed by atoms with Gasteiger partial charge in [0, 0.05) is 25.6 Å². The second-order valence-electron chi connectivity index (χ2n) is 8.67. The predicted octanol–water partition coefficient (Wildman–Crippen LogP) is 3.91. The maximum Gasteiger partial charge on any atom is 0.408 e. The lowest BCUT2D eigenvalue weighted by atomic mass is 9.92. The summed E-state index contributed by atoms with van der Waals surface area (Å²) in [6.45, 7) is 5.36. The van der Waals surface area contributed by atoms with E-state index in [4.69, 9.17) is 4.74 Å². The molecule has 0 spiro atoms. The first kappa shape index (κ1) is 22.8. The number of fused-ring (bicyclic) bond motifs is 3. The van der Waals surface area contributed by atoms with Crippen molar-refractivity contribution in [2.75, 3.05) is 7.05 Å². The number of benzene rings is 2. The van der Waals surface area contributed by atoms with Gasteiger partial charge >= 0.3 is 6.09 Å². The van der Waals surface area contributed by atoms with E-state index in [0.29, 0.717) is 22.3 Å². The first-order chi connectivity index (χ1) is 15.0. The van der Waals surface area contributed by atoms with Crippen LogP contribution >= 0.6 is 0 Å². The molecule has 1 atom stereocenters. The van der Waals surface area contributed by atoms with E-state index in [1.54, 1.807) is 46.0 Å². The van der Waals surface area contributed by atoms with Gasteiger partial charge in [-0.25, -0.2) is 9.18 Å². The van der Waals surface area contributed by atoms with Crippen LogP contribution in [0.1, 0.15) is 47.8 Å². The number of halogens is 1. The largest absolute Gasteiger partial charge is 0.444 e. The van der Waals surface area contributed by atoms with E-state index < -0.39 is 23.6 Å². The van der Waals surface area contributed by atoms with Crippen LogP contribution in [0.4, 0.5) is 9.18 Å². The summed E-state index contributed by atoms with van der Waals surface area (Å²) in [6, 6.07) is 10.7. The molecular formula is C24H23FN4O3. The molecule has 0 aromatic heterocycles. The number of nitrogens with one attached hydrogen (secondary N) is 1. The van der Waals surface area contributed by atoms with Crippen molar-refractivity contribution in [3.8, 4) is 23.3 Å². The Morgan fingerprint density at radius 1 is 1.22 bits per heavy atom. The molecule has 3 rings (SSSR count). The Bertz CT molecular complexity index is 1170. The molecule has 1 aliphatic rings. The van der Waals surface area contributed by atoms with Crippen LogP contribution in [0.15, 0.2) is 30.3 Å². The molecule has 0 fully saturated rings. The van der Waals surface area contributed by atoms with Crippen LogP contribution in [0.3, 0.4) is 0 Å². The summed E-state index contributed by atoms with van der Waals surface area (Å²) in [5.74, 6) is -0.896. The average molecular weight is 434 g/mol. The quantitative estimate of drug-likeness (QED) is 0.788. The summed E-state index contributed by atoms with van der Waals surface area (Å²) in [4.78, 5) is 26.5. The van der Waals surface area contributed by atoms with Crippen LogP contribution in [0, 0.1) is 28.5 Å². The monoisotopic (exact) mass is 434 g/mol.